The van der Waals surface area contributed by atoms with E-state index in [0.29, 0.717) is 18.9 Å². The molecule has 0 aliphatic heterocycles. The van der Waals surface area contributed by atoms with E-state index in [2.05, 4.69) is 10.0 Å². The highest BCUT2D eigenvalue weighted by Gasteiger charge is 2.14. The number of nitrogens with one attached hydrogen (secondary N) is 2. The van der Waals surface area contributed by atoms with Gasteiger partial charge in [0, 0.05) is 19.2 Å². The summed E-state index contributed by atoms with van der Waals surface area (Å²) in [6, 6.07) is 23.5. The van der Waals surface area contributed by atoms with Crippen molar-refractivity contribution in [2.45, 2.75) is 31.6 Å². The Bertz CT molecular complexity index is 1080. The second-order valence-corrected chi connectivity index (χ2v) is 8.54. The van der Waals surface area contributed by atoms with Crippen molar-refractivity contribution in [3.8, 4) is 0 Å². The van der Waals surface area contributed by atoms with Crippen LogP contribution in [-0.2, 0) is 39.3 Å². The van der Waals surface area contributed by atoms with Gasteiger partial charge in [0.2, 0.25) is 15.9 Å². The van der Waals surface area contributed by atoms with E-state index in [0.717, 1.165) is 16.7 Å². The minimum Gasteiger partial charge on any atom is -0.372 e. The predicted molar refractivity (Wildman–Crippen MR) is 116 cm³/mol. The lowest BCUT2D eigenvalue weighted by Crippen LogP contribution is -2.24. The van der Waals surface area contributed by atoms with E-state index >= 15 is 0 Å². The van der Waals surface area contributed by atoms with E-state index in [9.17, 15) is 13.2 Å². The Labute approximate surface area is 177 Å². The van der Waals surface area contributed by atoms with Crippen molar-refractivity contribution >= 4 is 21.6 Å². The maximum atomic E-state index is 12.6. The second kappa shape index (κ2) is 10.2. The number of benzene rings is 3. The number of rotatable bonds is 9. The molecule has 0 saturated carbocycles. The van der Waals surface area contributed by atoms with Crippen molar-refractivity contribution in [2.24, 2.45) is 0 Å². The molecule has 7 heteroatoms. The molecule has 0 aliphatic rings. The van der Waals surface area contributed by atoms with E-state index in [-0.39, 0.29) is 17.3 Å². The first kappa shape index (κ1) is 21.7. The van der Waals surface area contributed by atoms with Crippen LogP contribution in [0.3, 0.4) is 0 Å². The smallest absolute Gasteiger partial charge is 0.240 e. The average molecular weight is 425 g/mol. The van der Waals surface area contributed by atoms with Crippen molar-refractivity contribution in [3.63, 3.8) is 0 Å². The molecule has 0 aromatic heterocycles. The number of amides is 1. The van der Waals surface area contributed by atoms with E-state index < -0.39 is 10.0 Å². The molecule has 0 saturated heterocycles. The average Bonchev–Trinajstić information content (AvgIpc) is 2.74. The molecule has 3 rings (SSSR count). The Kier molecular flexibility index (Phi) is 7.35. The summed E-state index contributed by atoms with van der Waals surface area (Å²) in [6.07, 6.45) is 0. The lowest BCUT2D eigenvalue weighted by Gasteiger charge is -2.12. The molecular formula is C23H24N2O4S. The highest BCUT2D eigenvalue weighted by atomic mass is 32.2. The fourth-order valence-electron chi connectivity index (χ4n) is 2.90. The van der Waals surface area contributed by atoms with Gasteiger partial charge < -0.3 is 10.1 Å². The topological polar surface area (TPSA) is 84.5 Å². The molecular weight excluding hydrogens is 400 g/mol. The molecule has 3 aromatic carbocycles. The summed E-state index contributed by atoms with van der Waals surface area (Å²) in [5.74, 6) is -0.213. The van der Waals surface area contributed by atoms with Gasteiger partial charge in [-0.1, -0.05) is 54.6 Å². The van der Waals surface area contributed by atoms with Gasteiger partial charge in [0.25, 0.3) is 0 Å². The summed E-state index contributed by atoms with van der Waals surface area (Å²) in [5, 5.41) is 2.61. The third-order valence-corrected chi connectivity index (χ3v) is 5.84. The normalized spacial score (nSPS) is 11.2. The summed E-state index contributed by atoms with van der Waals surface area (Å²) in [4.78, 5) is 11.2. The molecule has 1 amide bonds. The molecule has 0 spiro atoms. The number of carbonyl (C=O) groups is 1. The molecule has 0 aliphatic carbocycles. The Balaban J connectivity index is 1.61. The molecule has 0 unspecified atom stereocenters. The Hall–Kier alpha value is -3.00. The van der Waals surface area contributed by atoms with Crippen molar-refractivity contribution in [1.82, 2.24) is 4.72 Å². The van der Waals surface area contributed by atoms with Gasteiger partial charge in [0.05, 0.1) is 18.1 Å². The van der Waals surface area contributed by atoms with Crippen LogP contribution in [0.4, 0.5) is 5.69 Å². The first-order valence-electron chi connectivity index (χ1n) is 9.50. The lowest BCUT2D eigenvalue weighted by atomic mass is 10.1. The minimum atomic E-state index is -3.69. The molecule has 2 N–H and O–H groups in total. The molecule has 6 nitrogen and oxygen atoms in total. The van der Waals surface area contributed by atoms with E-state index in [1.165, 1.54) is 19.1 Å². The van der Waals surface area contributed by atoms with Gasteiger partial charge in [0.15, 0.2) is 0 Å². The van der Waals surface area contributed by atoms with Crippen LogP contribution in [0, 0.1) is 0 Å². The molecule has 156 valence electrons. The zero-order valence-electron chi connectivity index (χ0n) is 16.7. The predicted octanol–water partition coefficient (Wildman–Crippen LogP) is 3.84. The van der Waals surface area contributed by atoms with Crippen molar-refractivity contribution in [2.75, 3.05) is 5.32 Å². The molecule has 0 bridgehead atoms. The van der Waals surface area contributed by atoms with Gasteiger partial charge in [-0.15, -0.1) is 0 Å². The maximum Gasteiger partial charge on any atom is 0.240 e. The summed E-state index contributed by atoms with van der Waals surface area (Å²) in [6.45, 7) is 2.42. The largest absolute Gasteiger partial charge is 0.372 e. The zero-order valence-corrected chi connectivity index (χ0v) is 17.5. The fourth-order valence-corrected chi connectivity index (χ4v) is 3.91. The van der Waals surface area contributed by atoms with Crippen LogP contribution in [0.15, 0.2) is 83.8 Å². The van der Waals surface area contributed by atoms with E-state index in [1.807, 2.05) is 54.6 Å². The minimum absolute atomic E-state index is 0.134. The van der Waals surface area contributed by atoms with Crippen LogP contribution in [0.2, 0.25) is 0 Å². The quantitative estimate of drug-likeness (QED) is 0.547. The number of sulfonamides is 1. The molecule has 30 heavy (non-hydrogen) atoms. The lowest BCUT2D eigenvalue weighted by molar-refractivity contribution is -0.114. The van der Waals surface area contributed by atoms with Gasteiger partial charge in [-0.3, -0.25) is 4.79 Å². The summed E-state index contributed by atoms with van der Waals surface area (Å²) < 4.78 is 33.7. The molecule has 3 aromatic rings. The van der Waals surface area contributed by atoms with Crippen LogP contribution in [0.1, 0.15) is 23.6 Å². The van der Waals surface area contributed by atoms with Gasteiger partial charge in [-0.25, -0.2) is 13.1 Å². The highest BCUT2D eigenvalue weighted by molar-refractivity contribution is 7.89. The number of carbonyl (C=O) groups excluding carboxylic acids is 1. The van der Waals surface area contributed by atoms with Crippen LogP contribution >= 0.6 is 0 Å². The second-order valence-electron chi connectivity index (χ2n) is 6.78. The number of hydrogen-bond acceptors (Lipinski definition) is 4. The number of ether oxygens (including phenoxy) is 1. The van der Waals surface area contributed by atoms with Crippen LogP contribution in [-0.4, -0.2) is 14.3 Å². The van der Waals surface area contributed by atoms with Gasteiger partial charge in [-0.2, -0.15) is 0 Å². The zero-order chi connectivity index (χ0) is 21.4. The monoisotopic (exact) mass is 424 g/mol. The Morgan fingerprint density at radius 2 is 1.47 bits per heavy atom. The maximum absolute atomic E-state index is 12.6. The Morgan fingerprint density at radius 3 is 2.13 bits per heavy atom. The first-order valence-corrected chi connectivity index (χ1v) is 11.0. The van der Waals surface area contributed by atoms with Gasteiger partial charge in [-0.05, 0) is 41.0 Å². The first-order chi connectivity index (χ1) is 14.4. The SMILES string of the molecule is CC(=O)Nc1ccc(S(=O)(=O)NCc2ccccc2COCc2ccccc2)cc1. The van der Waals surface area contributed by atoms with Gasteiger partial charge in [0.1, 0.15) is 0 Å². The number of hydrogen-bond donors (Lipinski definition) is 2. The Morgan fingerprint density at radius 1 is 0.833 bits per heavy atom. The van der Waals surface area contributed by atoms with Gasteiger partial charge >= 0.3 is 0 Å². The highest BCUT2D eigenvalue weighted by Crippen LogP contribution is 2.16. The molecule has 0 heterocycles. The summed E-state index contributed by atoms with van der Waals surface area (Å²) in [7, 11) is -3.69. The van der Waals surface area contributed by atoms with Crippen LogP contribution in [0.5, 0.6) is 0 Å². The van der Waals surface area contributed by atoms with Crippen molar-refractivity contribution in [3.05, 3.63) is 95.6 Å². The summed E-state index contributed by atoms with van der Waals surface area (Å²) >= 11 is 0. The molecule has 0 fully saturated rings. The third-order valence-electron chi connectivity index (χ3n) is 4.43. The number of anilines is 1. The molecule has 0 atom stereocenters. The van der Waals surface area contributed by atoms with Crippen molar-refractivity contribution in [1.29, 1.82) is 0 Å². The standard InChI is InChI=1S/C23H24N2O4S/c1-18(26)25-22-11-13-23(14-12-22)30(27,28)24-15-20-9-5-6-10-21(20)17-29-16-19-7-3-2-4-8-19/h2-14,24H,15-17H2,1H3,(H,25,26). The van der Waals surface area contributed by atoms with E-state index in [4.69, 9.17) is 4.74 Å². The van der Waals surface area contributed by atoms with Crippen molar-refractivity contribution < 1.29 is 17.9 Å². The van der Waals surface area contributed by atoms with Crippen LogP contribution in [0.25, 0.3) is 0 Å². The fraction of sp³-hybridized carbons (Fsp3) is 0.174. The third kappa shape index (κ3) is 6.25. The van der Waals surface area contributed by atoms with Crippen LogP contribution < -0.4 is 10.0 Å². The molecule has 0 radical (unpaired) electrons. The van der Waals surface area contributed by atoms with E-state index in [1.54, 1.807) is 12.1 Å². The summed E-state index contributed by atoms with van der Waals surface area (Å²) in [5.41, 5.74) is 3.40.